The molecule has 20 heavy (non-hydrogen) atoms. The number of anilines is 1. The second-order valence-electron chi connectivity index (χ2n) is 4.42. The average molecular weight is 269 g/mol. The SMILES string of the molecule is COc1ccc(OC)c(-c2cn3cc(N)ccc3n2)c1. The maximum absolute atomic E-state index is 5.78. The van der Waals surface area contributed by atoms with E-state index in [1.54, 1.807) is 14.2 Å². The lowest BCUT2D eigenvalue weighted by Crippen LogP contribution is -1.90. The average Bonchev–Trinajstić information content (AvgIpc) is 2.89. The number of methoxy groups -OCH3 is 2. The molecule has 102 valence electrons. The number of ether oxygens (including phenoxy) is 2. The molecule has 0 aliphatic rings. The number of benzene rings is 1. The van der Waals surface area contributed by atoms with Crippen LogP contribution < -0.4 is 15.2 Å². The van der Waals surface area contributed by atoms with Crippen molar-refractivity contribution in [1.82, 2.24) is 9.38 Å². The number of nitrogen functional groups attached to an aromatic ring is 1. The van der Waals surface area contributed by atoms with E-state index in [4.69, 9.17) is 15.2 Å². The van der Waals surface area contributed by atoms with E-state index in [0.717, 1.165) is 28.4 Å². The molecule has 2 heterocycles. The Kier molecular flexibility index (Phi) is 2.95. The highest BCUT2D eigenvalue weighted by Crippen LogP contribution is 2.33. The molecule has 0 amide bonds. The molecule has 0 bridgehead atoms. The maximum atomic E-state index is 5.78. The van der Waals surface area contributed by atoms with Crippen LogP contribution in [0.1, 0.15) is 0 Å². The molecular weight excluding hydrogens is 254 g/mol. The van der Waals surface area contributed by atoms with Crippen LogP contribution in [0.5, 0.6) is 11.5 Å². The van der Waals surface area contributed by atoms with Crippen molar-refractivity contribution in [3.05, 3.63) is 42.7 Å². The van der Waals surface area contributed by atoms with Gasteiger partial charge in [0, 0.05) is 23.6 Å². The summed E-state index contributed by atoms with van der Waals surface area (Å²) in [5, 5.41) is 0. The van der Waals surface area contributed by atoms with Crippen molar-refractivity contribution in [3.8, 4) is 22.8 Å². The van der Waals surface area contributed by atoms with Gasteiger partial charge in [0.25, 0.3) is 0 Å². The molecule has 2 N–H and O–H groups in total. The van der Waals surface area contributed by atoms with E-state index in [0.29, 0.717) is 5.69 Å². The summed E-state index contributed by atoms with van der Waals surface area (Å²) in [5.41, 5.74) is 9.00. The van der Waals surface area contributed by atoms with Crippen molar-refractivity contribution in [2.45, 2.75) is 0 Å². The van der Waals surface area contributed by atoms with Gasteiger partial charge < -0.3 is 19.6 Å². The zero-order chi connectivity index (χ0) is 14.1. The van der Waals surface area contributed by atoms with Gasteiger partial charge >= 0.3 is 0 Å². The fraction of sp³-hybridized carbons (Fsp3) is 0.133. The highest BCUT2D eigenvalue weighted by Gasteiger charge is 2.11. The van der Waals surface area contributed by atoms with E-state index >= 15 is 0 Å². The molecule has 0 radical (unpaired) electrons. The third kappa shape index (κ3) is 2.03. The van der Waals surface area contributed by atoms with Crippen LogP contribution in [0.3, 0.4) is 0 Å². The van der Waals surface area contributed by atoms with E-state index in [1.807, 2.05) is 47.1 Å². The zero-order valence-corrected chi connectivity index (χ0v) is 11.3. The summed E-state index contributed by atoms with van der Waals surface area (Å²) in [4.78, 5) is 4.58. The first-order valence-electron chi connectivity index (χ1n) is 6.18. The first kappa shape index (κ1) is 12.3. The van der Waals surface area contributed by atoms with Gasteiger partial charge in [-0.05, 0) is 30.3 Å². The minimum absolute atomic E-state index is 0.694. The Bertz CT molecular complexity index is 765. The van der Waals surface area contributed by atoms with E-state index in [-0.39, 0.29) is 0 Å². The lowest BCUT2D eigenvalue weighted by molar-refractivity contribution is 0.404. The van der Waals surface area contributed by atoms with Crippen molar-refractivity contribution in [2.24, 2.45) is 0 Å². The fourth-order valence-electron chi connectivity index (χ4n) is 2.15. The van der Waals surface area contributed by atoms with Gasteiger partial charge in [0.15, 0.2) is 0 Å². The van der Waals surface area contributed by atoms with Gasteiger partial charge in [-0.15, -0.1) is 0 Å². The van der Waals surface area contributed by atoms with Crippen LogP contribution in [0.15, 0.2) is 42.7 Å². The molecule has 0 saturated heterocycles. The number of pyridine rings is 1. The molecule has 0 fully saturated rings. The van der Waals surface area contributed by atoms with Gasteiger partial charge in [0.1, 0.15) is 17.1 Å². The van der Waals surface area contributed by atoms with E-state index < -0.39 is 0 Å². The fourth-order valence-corrected chi connectivity index (χ4v) is 2.15. The van der Waals surface area contributed by atoms with Crippen LogP contribution in [-0.4, -0.2) is 23.6 Å². The summed E-state index contributed by atoms with van der Waals surface area (Å²) in [6.07, 6.45) is 3.75. The number of hydrogen-bond donors (Lipinski definition) is 1. The molecule has 0 spiro atoms. The van der Waals surface area contributed by atoms with Gasteiger partial charge in [0.2, 0.25) is 0 Å². The number of aromatic nitrogens is 2. The molecule has 2 aromatic heterocycles. The third-order valence-corrected chi connectivity index (χ3v) is 3.16. The molecule has 0 aliphatic carbocycles. The largest absolute Gasteiger partial charge is 0.497 e. The molecule has 0 saturated carbocycles. The van der Waals surface area contributed by atoms with Gasteiger partial charge in [-0.25, -0.2) is 4.98 Å². The molecular formula is C15H15N3O2. The van der Waals surface area contributed by atoms with Crippen LogP contribution in [0.25, 0.3) is 16.9 Å². The maximum Gasteiger partial charge on any atom is 0.137 e. The standard InChI is InChI=1S/C15H15N3O2/c1-19-11-4-5-14(20-2)12(7-11)13-9-18-8-10(16)3-6-15(18)17-13/h3-9H,16H2,1-2H3. The predicted octanol–water partition coefficient (Wildman–Crippen LogP) is 2.60. The monoisotopic (exact) mass is 269 g/mol. The van der Waals surface area contributed by atoms with Gasteiger partial charge in [-0.2, -0.15) is 0 Å². The highest BCUT2D eigenvalue weighted by molar-refractivity contribution is 5.71. The molecule has 0 unspecified atom stereocenters. The van der Waals surface area contributed by atoms with Crippen LogP contribution >= 0.6 is 0 Å². The summed E-state index contributed by atoms with van der Waals surface area (Å²) < 4.78 is 12.5. The molecule has 1 aromatic carbocycles. The zero-order valence-electron chi connectivity index (χ0n) is 11.3. The number of fused-ring (bicyclic) bond motifs is 1. The third-order valence-electron chi connectivity index (χ3n) is 3.16. The normalized spacial score (nSPS) is 10.7. The second kappa shape index (κ2) is 4.77. The second-order valence-corrected chi connectivity index (χ2v) is 4.42. The molecule has 0 atom stereocenters. The quantitative estimate of drug-likeness (QED) is 0.794. The van der Waals surface area contributed by atoms with Crippen molar-refractivity contribution >= 4 is 11.3 Å². The number of hydrogen-bond acceptors (Lipinski definition) is 4. The van der Waals surface area contributed by atoms with Crippen molar-refractivity contribution in [3.63, 3.8) is 0 Å². The Hall–Kier alpha value is -2.69. The molecule has 3 rings (SSSR count). The highest BCUT2D eigenvalue weighted by atomic mass is 16.5. The first-order valence-corrected chi connectivity index (χ1v) is 6.18. The van der Waals surface area contributed by atoms with Gasteiger partial charge in [-0.1, -0.05) is 0 Å². The number of imidazole rings is 1. The smallest absolute Gasteiger partial charge is 0.137 e. The number of nitrogens with zero attached hydrogens (tertiary/aromatic N) is 2. The predicted molar refractivity (Wildman–Crippen MR) is 78.1 cm³/mol. The van der Waals surface area contributed by atoms with E-state index in [9.17, 15) is 0 Å². The lowest BCUT2D eigenvalue weighted by Gasteiger charge is -2.08. The molecule has 5 heteroatoms. The Balaban J connectivity index is 2.18. The van der Waals surface area contributed by atoms with Gasteiger partial charge in [-0.3, -0.25) is 0 Å². The Morgan fingerprint density at radius 3 is 2.65 bits per heavy atom. The lowest BCUT2D eigenvalue weighted by atomic mass is 10.1. The number of nitrogens with two attached hydrogens (primary N) is 1. The van der Waals surface area contributed by atoms with Crippen LogP contribution in [0.4, 0.5) is 5.69 Å². The summed E-state index contributed by atoms with van der Waals surface area (Å²) in [6.45, 7) is 0. The van der Waals surface area contributed by atoms with Crippen LogP contribution in [0.2, 0.25) is 0 Å². The Morgan fingerprint density at radius 1 is 1.05 bits per heavy atom. The molecule has 0 aliphatic heterocycles. The number of rotatable bonds is 3. The Morgan fingerprint density at radius 2 is 1.90 bits per heavy atom. The van der Waals surface area contributed by atoms with Crippen molar-refractivity contribution < 1.29 is 9.47 Å². The first-order chi connectivity index (χ1) is 9.71. The summed E-state index contributed by atoms with van der Waals surface area (Å²) >= 11 is 0. The van der Waals surface area contributed by atoms with Gasteiger partial charge in [0.05, 0.1) is 19.9 Å². The summed E-state index contributed by atoms with van der Waals surface area (Å²) in [5.74, 6) is 1.51. The minimum Gasteiger partial charge on any atom is -0.497 e. The van der Waals surface area contributed by atoms with Crippen molar-refractivity contribution in [1.29, 1.82) is 0 Å². The van der Waals surface area contributed by atoms with E-state index in [1.165, 1.54) is 0 Å². The van der Waals surface area contributed by atoms with E-state index in [2.05, 4.69) is 4.98 Å². The van der Waals surface area contributed by atoms with Crippen LogP contribution in [-0.2, 0) is 0 Å². The van der Waals surface area contributed by atoms with Crippen LogP contribution in [0, 0.1) is 0 Å². The van der Waals surface area contributed by atoms with Crippen molar-refractivity contribution in [2.75, 3.05) is 20.0 Å². The summed E-state index contributed by atoms with van der Waals surface area (Å²) in [7, 11) is 3.27. The topological polar surface area (TPSA) is 61.8 Å². The Labute approximate surface area is 116 Å². The minimum atomic E-state index is 0.694. The molecule has 3 aromatic rings. The summed E-state index contributed by atoms with van der Waals surface area (Å²) in [6, 6.07) is 9.34. The molecule has 5 nitrogen and oxygen atoms in total.